The topological polar surface area (TPSA) is 79.0 Å². The molecule has 0 radical (unpaired) electrons. The lowest BCUT2D eigenvalue weighted by molar-refractivity contribution is -0.134. The van der Waals surface area contributed by atoms with Crippen molar-refractivity contribution in [1.82, 2.24) is 9.91 Å². The first kappa shape index (κ1) is 20.3. The van der Waals surface area contributed by atoms with Gasteiger partial charge in [0.15, 0.2) is 0 Å². The number of primary amides is 1. The molecule has 30 heavy (non-hydrogen) atoms. The van der Waals surface area contributed by atoms with Crippen molar-refractivity contribution in [3.8, 4) is 0 Å². The maximum atomic E-state index is 13.2. The zero-order valence-electron chi connectivity index (χ0n) is 17.3. The summed E-state index contributed by atoms with van der Waals surface area (Å²) in [6.07, 6.45) is 2.12. The fourth-order valence-corrected chi connectivity index (χ4v) is 4.23. The summed E-state index contributed by atoms with van der Waals surface area (Å²) in [5.74, 6) is -0.327. The van der Waals surface area contributed by atoms with Crippen LogP contribution in [0, 0.1) is 12.8 Å². The number of carbonyl (C=O) groups is 2. The highest BCUT2D eigenvalue weighted by atomic mass is 16.2. The smallest absolute Gasteiger partial charge is 0.257 e. The van der Waals surface area contributed by atoms with Gasteiger partial charge in [-0.05, 0) is 44.0 Å². The van der Waals surface area contributed by atoms with Gasteiger partial charge >= 0.3 is 0 Å². The molecule has 1 fully saturated rings. The van der Waals surface area contributed by atoms with E-state index in [1.54, 1.807) is 5.01 Å². The van der Waals surface area contributed by atoms with E-state index in [-0.39, 0.29) is 23.8 Å². The number of piperidine rings is 1. The quantitative estimate of drug-likeness (QED) is 0.832. The molecule has 0 aliphatic carbocycles. The monoisotopic (exact) mass is 404 g/mol. The molecule has 2 amide bonds. The van der Waals surface area contributed by atoms with E-state index in [1.165, 1.54) is 5.56 Å². The molecule has 6 heteroatoms. The van der Waals surface area contributed by atoms with Crippen molar-refractivity contribution in [3.05, 3.63) is 71.3 Å². The number of rotatable bonds is 5. The average molecular weight is 405 g/mol. The minimum Gasteiger partial charge on any atom is -0.369 e. The van der Waals surface area contributed by atoms with Crippen molar-refractivity contribution in [3.63, 3.8) is 0 Å². The third kappa shape index (κ3) is 4.44. The highest BCUT2D eigenvalue weighted by Gasteiger charge is 2.34. The normalized spacial score (nSPS) is 20.2. The third-order valence-electron chi connectivity index (χ3n) is 6.08. The van der Waals surface area contributed by atoms with E-state index >= 15 is 0 Å². The Morgan fingerprint density at radius 3 is 2.33 bits per heavy atom. The lowest BCUT2D eigenvalue weighted by Gasteiger charge is -2.31. The molecule has 2 aliphatic rings. The van der Waals surface area contributed by atoms with E-state index in [0.29, 0.717) is 38.9 Å². The Kier molecular flexibility index (Phi) is 5.95. The standard InChI is InChI=1S/C24H28N4O2/c1-17-7-9-19(10-8-17)22-15-21(18-5-3-2-4-6-18)26-28(22)23(29)16-27-13-11-20(12-14-27)24(25)30/h2-10,20,22H,11-16H2,1H3,(H2,25,30). The number of likely N-dealkylation sites (tertiary alicyclic amines) is 1. The number of aryl methyl sites for hydroxylation is 1. The largest absolute Gasteiger partial charge is 0.369 e. The van der Waals surface area contributed by atoms with Crippen LogP contribution in [0.15, 0.2) is 59.7 Å². The highest BCUT2D eigenvalue weighted by Crippen LogP contribution is 2.33. The van der Waals surface area contributed by atoms with Gasteiger partial charge in [0, 0.05) is 12.3 Å². The van der Waals surface area contributed by atoms with Crippen molar-refractivity contribution in [2.45, 2.75) is 32.2 Å². The van der Waals surface area contributed by atoms with Gasteiger partial charge in [-0.1, -0.05) is 60.2 Å². The molecular weight excluding hydrogens is 376 g/mol. The second kappa shape index (κ2) is 8.79. The van der Waals surface area contributed by atoms with Gasteiger partial charge in [-0.15, -0.1) is 0 Å². The van der Waals surface area contributed by atoms with Gasteiger partial charge in [-0.25, -0.2) is 5.01 Å². The number of nitrogens with two attached hydrogens (primary N) is 1. The van der Waals surface area contributed by atoms with Crippen molar-refractivity contribution in [2.75, 3.05) is 19.6 Å². The van der Waals surface area contributed by atoms with Crippen LogP contribution in [0.4, 0.5) is 0 Å². The summed E-state index contributed by atoms with van der Waals surface area (Å²) < 4.78 is 0. The number of hydrogen-bond acceptors (Lipinski definition) is 4. The minimum atomic E-state index is -0.239. The Labute approximate surface area is 177 Å². The van der Waals surface area contributed by atoms with E-state index in [0.717, 1.165) is 16.8 Å². The van der Waals surface area contributed by atoms with Gasteiger partial charge in [-0.2, -0.15) is 5.10 Å². The van der Waals surface area contributed by atoms with Gasteiger partial charge in [0.2, 0.25) is 5.91 Å². The molecule has 0 saturated carbocycles. The van der Waals surface area contributed by atoms with Crippen LogP contribution in [-0.4, -0.2) is 47.1 Å². The SMILES string of the molecule is Cc1ccc(C2CC(c3ccccc3)=NN2C(=O)CN2CCC(C(N)=O)CC2)cc1. The number of hydrazone groups is 1. The lowest BCUT2D eigenvalue weighted by Crippen LogP contribution is -2.44. The molecule has 2 heterocycles. The van der Waals surface area contributed by atoms with Crippen LogP contribution in [0.3, 0.4) is 0 Å². The number of benzene rings is 2. The predicted molar refractivity (Wildman–Crippen MR) is 117 cm³/mol. The van der Waals surface area contributed by atoms with Crippen molar-refractivity contribution in [2.24, 2.45) is 16.8 Å². The summed E-state index contributed by atoms with van der Waals surface area (Å²) in [5, 5.41) is 6.41. The maximum Gasteiger partial charge on any atom is 0.257 e. The molecule has 156 valence electrons. The first-order valence-electron chi connectivity index (χ1n) is 10.5. The highest BCUT2D eigenvalue weighted by molar-refractivity contribution is 6.03. The van der Waals surface area contributed by atoms with Gasteiger partial charge in [0.1, 0.15) is 0 Å². The number of carbonyl (C=O) groups excluding carboxylic acids is 2. The first-order chi connectivity index (χ1) is 14.5. The molecule has 6 nitrogen and oxygen atoms in total. The Morgan fingerprint density at radius 2 is 1.70 bits per heavy atom. The Hall–Kier alpha value is -2.99. The van der Waals surface area contributed by atoms with Crippen LogP contribution in [0.5, 0.6) is 0 Å². The van der Waals surface area contributed by atoms with Gasteiger partial charge in [-0.3, -0.25) is 14.5 Å². The van der Waals surface area contributed by atoms with Crippen LogP contribution >= 0.6 is 0 Å². The molecule has 2 aromatic rings. The van der Waals surface area contributed by atoms with Gasteiger partial charge < -0.3 is 5.73 Å². The van der Waals surface area contributed by atoms with Crippen LogP contribution < -0.4 is 5.73 Å². The fraction of sp³-hybridized carbons (Fsp3) is 0.375. The average Bonchev–Trinajstić information content (AvgIpc) is 3.21. The van der Waals surface area contributed by atoms with Crippen LogP contribution in [0.2, 0.25) is 0 Å². The first-order valence-corrected chi connectivity index (χ1v) is 10.5. The summed E-state index contributed by atoms with van der Waals surface area (Å²) in [5.41, 5.74) is 9.69. The van der Waals surface area contributed by atoms with Gasteiger partial charge in [0.05, 0.1) is 18.3 Å². The van der Waals surface area contributed by atoms with Crippen LogP contribution in [-0.2, 0) is 9.59 Å². The van der Waals surface area contributed by atoms with Gasteiger partial charge in [0.25, 0.3) is 5.91 Å². The molecule has 2 N–H and O–H groups in total. The number of hydrogen-bond donors (Lipinski definition) is 1. The third-order valence-corrected chi connectivity index (χ3v) is 6.08. The Bertz CT molecular complexity index is 931. The molecule has 0 bridgehead atoms. The molecule has 0 spiro atoms. The minimum absolute atomic E-state index is 0.0102. The molecule has 2 aromatic carbocycles. The second-order valence-corrected chi connectivity index (χ2v) is 8.23. The molecule has 4 rings (SSSR count). The van der Waals surface area contributed by atoms with E-state index in [4.69, 9.17) is 10.8 Å². The predicted octanol–water partition coefficient (Wildman–Crippen LogP) is 2.87. The molecule has 1 unspecified atom stereocenters. The summed E-state index contributed by atoms with van der Waals surface area (Å²) in [7, 11) is 0. The molecule has 1 atom stereocenters. The summed E-state index contributed by atoms with van der Waals surface area (Å²) in [6, 6.07) is 18.3. The van der Waals surface area contributed by atoms with E-state index < -0.39 is 0 Å². The van der Waals surface area contributed by atoms with E-state index in [9.17, 15) is 9.59 Å². The molecule has 1 saturated heterocycles. The Morgan fingerprint density at radius 1 is 1.03 bits per heavy atom. The zero-order valence-corrected chi connectivity index (χ0v) is 17.3. The fourth-order valence-electron chi connectivity index (χ4n) is 4.23. The van der Waals surface area contributed by atoms with Crippen molar-refractivity contribution >= 4 is 17.5 Å². The molecule has 2 aliphatic heterocycles. The number of amides is 2. The Balaban J connectivity index is 1.52. The molecular formula is C24H28N4O2. The summed E-state index contributed by atoms with van der Waals surface area (Å²) in [4.78, 5) is 26.7. The summed E-state index contributed by atoms with van der Waals surface area (Å²) in [6.45, 7) is 3.78. The zero-order chi connectivity index (χ0) is 21.1. The van der Waals surface area contributed by atoms with Crippen LogP contribution in [0.25, 0.3) is 0 Å². The molecule has 0 aromatic heterocycles. The van der Waals surface area contributed by atoms with Crippen molar-refractivity contribution in [1.29, 1.82) is 0 Å². The summed E-state index contributed by atoms with van der Waals surface area (Å²) >= 11 is 0. The maximum absolute atomic E-state index is 13.2. The number of nitrogens with zero attached hydrogens (tertiary/aromatic N) is 3. The lowest BCUT2D eigenvalue weighted by atomic mass is 9.96. The van der Waals surface area contributed by atoms with Crippen molar-refractivity contribution < 1.29 is 9.59 Å². The van der Waals surface area contributed by atoms with Crippen LogP contribution in [0.1, 0.15) is 42.0 Å². The van der Waals surface area contributed by atoms with E-state index in [2.05, 4.69) is 36.1 Å². The van der Waals surface area contributed by atoms with E-state index in [1.807, 2.05) is 30.3 Å². The second-order valence-electron chi connectivity index (χ2n) is 8.23.